The second kappa shape index (κ2) is 8.30. The van der Waals surface area contributed by atoms with Crippen molar-refractivity contribution in [2.24, 2.45) is 11.8 Å². The van der Waals surface area contributed by atoms with Crippen LogP contribution in [-0.4, -0.2) is 35.7 Å². The van der Waals surface area contributed by atoms with Crippen LogP contribution in [0, 0.1) is 18.8 Å². The summed E-state index contributed by atoms with van der Waals surface area (Å²) in [6, 6.07) is 12.3. The maximum absolute atomic E-state index is 12.9. The van der Waals surface area contributed by atoms with Crippen molar-refractivity contribution in [1.82, 2.24) is 4.90 Å². The molecule has 2 aromatic carbocycles. The van der Waals surface area contributed by atoms with E-state index in [4.69, 9.17) is 0 Å². The molecule has 30 heavy (non-hydrogen) atoms. The van der Waals surface area contributed by atoms with Crippen LogP contribution in [0.25, 0.3) is 0 Å². The van der Waals surface area contributed by atoms with Gasteiger partial charge in [-0.2, -0.15) is 0 Å². The minimum Gasteiger partial charge on any atom is -0.339 e. The van der Waals surface area contributed by atoms with Crippen molar-refractivity contribution in [1.29, 1.82) is 0 Å². The van der Waals surface area contributed by atoms with Crippen LogP contribution < -0.4 is 10.6 Å². The molecule has 6 heteroatoms. The predicted molar refractivity (Wildman–Crippen MR) is 117 cm³/mol. The molecule has 2 unspecified atom stereocenters. The van der Waals surface area contributed by atoms with Gasteiger partial charge < -0.3 is 15.5 Å². The summed E-state index contributed by atoms with van der Waals surface area (Å²) in [6.07, 6.45) is 2.96. The van der Waals surface area contributed by atoms with Gasteiger partial charge in [0.25, 0.3) is 11.8 Å². The van der Waals surface area contributed by atoms with Gasteiger partial charge in [-0.1, -0.05) is 19.1 Å². The predicted octanol–water partition coefficient (Wildman–Crippen LogP) is 4.08. The minimum atomic E-state index is -0.284. The fraction of sp³-hybridized carbons (Fsp3) is 0.375. The number of benzene rings is 2. The van der Waals surface area contributed by atoms with Gasteiger partial charge in [-0.05, 0) is 68.0 Å². The van der Waals surface area contributed by atoms with Crippen molar-refractivity contribution in [3.05, 3.63) is 59.2 Å². The Morgan fingerprint density at radius 2 is 1.63 bits per heavy atom. The van der Waals surface area contributed by atoms with Crippen molar-refractivity contribution >= 4 is 29.1 Å². The maximum Gasteiger partial charge on any atom is 0.255 e. The summed E-state index contributed by atoms with van der Waals surface area (Å²) in [4.78, 5) is 39.6. The second-order valence-electron chi connectivity index (χ2n) is 8.34. The first-order valence-electron chi connectivity index (χ1n) is 10.5. The third kappa shape index (κ3) is 4.22. The van der Waals surface area contributed by atoms with Gasteiger partial charge in [-0.25, -0.2) is 0 Å². The van der Waals surface area contributed by atoms with Crippen LogP contribution in [0.2, 0.25) is 0 Å². The van der Waals surface area contributed by atoms with Crippen molar-refractivity contribution in [3.8, 4) is 0 Å². The molecule has 2 aliphatic rings. The zero-order chi connectivity index (χ0) is 21.3. The van der Waals surface area contributed by atoms with Crippen LogP contribution in [0.4, 0.5) is 11.4 Å². The number of rotatable bonds is 5. The van der Waals surface area contributed by atoms with Crippen LogP contribution in [0.3, 0.4) is 0 Å². The van der Waals surface area contributed by atoms with Crippen LogP contribution in [0.15, 0.2) is 42.5 Å². The molecule has 1 saturated heterocycles. The lowest BCUT2D eigenvalue weighted by Crippen LogP contribution is -2.29. The average Bonchev–Trinajstić information content (AvgIpc) is 3.24. The highest BCUT2D eigenvalue weighted by molar-refractivity contribution is 6.10. The molecule has 0 aromatic heterocycles. The molecule has 2 atom stereocenters. The first-order valence-corrected chi connectivity index (χ1v) is 10.5. The van der Waals surface area contributed by atoms with E-state index >= 15 is 0 Å². The molecule has 0 spiro atoms. The van der Waals surface area contributed by atoms with Gasteiger partial charge in [0.2, 0.25) is 5.91 Å². The summed E-state index contributed by atoms with van der Waals surface area (Å²) in [5, 5.41) is 5.81. The van der Waals surface area contributed by atoms with Gasteiger partial charge in [-0.3, -0.25) is 14.4 Å². The van der Waals surface area contributed by atoms with E-state index in [9.17, 15) is 14.4 Å². The Kier molecular flexibility index (Phi) is 5.57. The molecule has 1 aliphatic carbocycles. The molecule has 0 bridgehead atoms. The standard InChI is InChI=1S/C24H27N3O3/c1-15-6-5-7-19(24(30)27-12-3-4-13-27)21(15)26-22(28)17-8-10-18(11-9-17)25-23(29)20-14-16(20)2/h5-11,16,20H,3-4,12-14H2,1-2H3,(H,25,29)(H,26,28). The number of anilines is 2. The molecule has 156 valence electrons. The fourth-order valence-electron chi connectivity index (χ4n) is 3.92. The number of hydrogen-bond acceptors (Lipinski definition) is 3. The Labute approximate surface area is 176 Å². The SMILES string of the molecule is Cc1cccc(C(=O)N2CCCC2)c1NC(=O)c1ccc(NC(=O)C2CC2C)cc1. The summed E-state index contributed by atoms with van der Waals surface area (Å²) < 4.78 is 0. The average molecular weight is 405 g/mol. The van der Waals surface area contributed by atoms with E-state index in [1.807, 2.05) is 24.0 Å². The van der Waals surface area contributed by atoms with Gasteiger partial charge in [0, 0.05) is 30.3 Å². The zero-order valence-electron chi connectivity index (χ0n) is 17.4. The van der Waals surface area contributed by atoms with Crippen molar-refractivity contribution < 1.29 is 14.4 Å². The highest BCUT2D eigenvalue weighted by Crippen LogP contribution is 2.38. The van der Waals surface area contributed by atoms with Crippen LogP contribution in [-0.2, 0) is 4.79 Å². The molecule has 2 aromatic rings. The summed E-state index contributed by atoms with van der Waals surface area (Å²) in [6.45, 7) is 5.46. The molecule has 6 nitrogen and oxygen atoms in total. The number of likely N-dealkylation sites (tertiary alicyclic amines) is 1. The Balaban J connectivity index is 1.47. The second-order valence-corrected chi connectivity index (χ2v) is 8.34. The van der Waals surface area contributed by atoms with E-state index in [1.165, 1.54) is 0 Å². The van der Waals surface area contributed by atoms with Gasteiger partial charge in [-0.15, -0.1) is 0 Å². The third-order valence-electron chi connectivity index (χ3n) is 6.00. The number of carbonyl (C=O) groups excluding carboxylic acids is 3. The third-order valence-corrected chi connectivity index (χ3v) is 6.00. The normalized spacial score (nSPS) is 20.0. The van der Waals surface area contributed by atoms with Crippen molar-refractivity contribution in [2.45, 2.75) is 33.1 Å². The van der Waals surface area contributed by atoms with E-state index in [-0.39, 0.29) is 23.6 Å². The quantitative estimate of drug-likeness (QED) is 0.787. The lowest BCUT2D eigenvalue weighted by molar-refractivity contribution is -0.117. The molecule has 1 heterocycles. The largest absolute Gasteiger partial charge is 0.339 e. The van der Waals surface area contributed by atoms with Crippen molar-refractivity contribution in [2.75, 3.05) is 23.7 Å². The number of aryl methyl sites for hydroxylation is 1. The molecule has 3 amide bonds. The van der Waals surface area contributed by atoms with Gasteiger partial charge in [0.15, 0.2) is 0 Å². The molecule has 1 aliphatic heterocycles. The number of hydrogen-bond donors (Lipinski definition) is 2. The molecule has 1 saturated carbocycles. The Hall–Kier alpha value is -3.15. The smallest absolute Gasteiger partial charge is 0.255 e. The molecule has 0 radical (unpaired) electrons. The van der Waals surface area contributed by atoms with E-state index < -0.39 is 0 Å². The van der Waals surface area contributed by atoms with E-state index in [2.05, 4.69) is 17.6 Å². The Morgan fingerprint density at radius 3 is 2.27 bits per heavy atom. The summed E-state index contributed by atoms with van der Waals surface area (Å²) in [7, 11) is 0. The minimum absolute atomic E-state index is 0.0321. The lowest BCUT2D eigenvalue weighted by Gasteiger charge is -2.19. The number of nitrogens with zero attached hydrogens (tertiary/aromatic N) is 1. The number of carbonyl (C=O) groups is 3. The highest BCUT2D eigenvalue weighted by atomic mass is 16.2. The summed E-state index contributed by atoms with van der Waals surface area (Å²) in [5.74, 6) is 0.249. The molecule has 2 fully saturated rings. The van der Waals surface area contributed by atoms with Crippen LogP contribution in [0.1, 0.15) is 52.5 Å². The van der Waals surface area contributed by atoms with E-state index in [0.29, 0.717) is 28.4 Å². The van der Waals surface area contributed by atoms with Crippen molar-refractivity contribution in [3.63, 3.8) is 0 Å². The molecule has 4 rings (SSSR count). The molecular formula is C24H27N3O3. The summed E-state index contributed by atoms with van der Waals surface area (Å²) in [5.41, 5.74) is 3.06. The monoisotopic (exact) mass is 405 g/mol. The number of amides is 3. The van der Waals surface area contributed by atoms with Gasteiger partial charge in [0.1, 0.15) is 0 Å². The zero-order valence-corrected chi connectivity index (χ0v) is 17.4. The first kappa shape index (κ1) is 20.1. The number of para-hydroxylation sites is 1. The maximum atomic E-state index is 12.9. The van der Waals surface area contributed by atoms with E-state index in [0.717, 1.165) is 37.9 Å². The molecule has 2 N–H and O–H groups in total. The Morgan fingerprint density at radius 1 is 0.967 bits per heavy atom. The Bertz CT molecular complexity index is 978. The highest BCUT2D eigenvalue weighted by Gasteiger charge is 2.39. The summed E-state index contributed by atoms with van der Waals surface area (Å²) >= 11 is 0. The van der Waals surface area contributed by atoms with Crippen LogP contribution in [0.5, 0.6) is 0 Å². The first-order chi connectivity index (χ1) is 14.4. The lowest BCUT2D eigenvalue weighted by atomic mass is 10.1. The van der Waals surface area contributed by atoms with Crippen LogP contribution >= 0.6 is 0 Å². The number of nitrogens with one attached hydrogen (secondary N) is 2. The van der Waals surface area contributed by atoms with E-state index in [1.54, 1.807) is 30.3 Å². The topological polar surface area (TPSA) is 78.5 Å². The fourth-order valence-corrected chi connectivity index (χ4v) is 3.92. The van der Waals surface area contributed by atoms with Gasteiger partial charge in [0.05, 0.1) is 11.3 Å². The molecular weight excluding hydrogens is 378 g/mol. The van der Waals surface area contributed by atoms with Gasteiger partial charge >= 0.3 is 0 Å².